The molecule has 0 aliphatic carbocycles. The molecule has 0 bridgehead atoms. The van der Waals surface area contributed by atoms with Gasteiger partial charge in [-0.15, -0.1) is 0 Å². The van der Waals surface area contributed by atoms with Crippen LogP contribution in [0.4, 0.5) is 0 Å². The van der Waals surface area contributed by atoms with Crippen LogP contribution < -0.4 is 0 Å². The van der Waals surface area contributed by atoms with Crippen LogP contribution in [-0.4, -0.2) is 24.4 Å². The van der Waals surface area contributed by atoms with E-state index in [1.807, 2.05) is 11.9 Å². The third-order valence-electron chi connectivity index (χ3n) is 2.64. The molecule has 58 valence electrons. The van der Waals surface area contributed by atoms with Crippen molar-refractivity contribution in [2.45, 2.75) is 26.7 Å². The second kappa shape index (κ2) is 2.26. The number of hydrogen-bond donors (Lipinski definition) is 0. The quantitative estimate of drug-likeness (QED) is 0.538. The van der Waals surface area contributed by atoms with Crippen molar-refractivity contribution in [3.8, 4) is 0 Å². The summed E-state index contributed by atoms with van der Waals surface area (Å²) in [6.45, 7) is 5.07. The van der Waals surface area contributed by atoms with Crippen LogP contribution in [0.15, 0.2) is 0 Å². The topological polar surface area (TPSA) is 20.3 Å². The van der Waals surface area contributed by atoms with E-state index in [-0.39, 0.29) is 5.41 Å². The van der Waals surface area contributed by atoms with E-state index in [0.717, 1.165) is 19.4 Å². The Morgan fingerprint density at radius 1 is 1.70 bits per heavy atom. The molecule has 1 aliphatic rings. The van der Waals surface area contributed by atoms with Gasteiger partial charge < -0.3 is 4.90 Å². The fraction of sp³-hybridized carbons (Fsp3) is 0.875. The van der Waals surface area contributed by atoms with Crippen molar-refractivity contribution in [1.29, 1.82) is 0 Å². The molecule has 1 atom stereocenters. The monoisotopic (exact) mass is 141 g/mol. The molecule has 1 amide bonds. The lowest BCUT2D eigenvalue weighted by atomic mass is 9.86. The molecule has 0 aromatic rings. The molecule has 0 aromatic carbocycles. The van der Waals surface area contributed by atoms with E-state index in [9.17, 15) is 4.79 Å². The third kappa shape index (κ3) is 0.917. The number of likely N-dealkylation sites (tertiary alicyclic amines) is 1. The third-order valence-corrected chi connectivity index (χ3v) is 2.64. The van der Waals surface area contributed by atoms with Crippen LogP contribution in [0.5, 0.6) is 0 Å². The van der Waals surface area contributed by atoms with Gasteiger partial charge >= 0.3 is 0 Å². The van der Waals surface area contributed by atoms with E-state index in [2.05, 4.69) is 13.8 Å². The number of rotatable bonds is 1. The molecule has 10 heavy (non-hydrogen) atoms. The summed E-state index contributed by atoms with van der Waals surface area (Å²) in [5, 5.41) is 0. The molecular formula is C8H15NO. The number of amides is 1. The molecule has 0 aromatic heterocycles. The lowest BCUT2D eigenvalue weighted by molar-refractivity contribution is -0.134. The van der Waals surface area contributed by atoms with Gasteiger partial charge in [0.25, 0.3) is 0 Å². The molecule has 0 N–H and O–H groups in total. The van der Waals surface area contributed by atoms with Crippen LogP contribution in [0.25, 0.3) is 0 Å². The summed E-state index contributed by atoms with van der Waals surface area (Å²) in [5.41, 5.74) is -0.0469. The molecule has 1 rings (SSSR count). The van der Waals surface area contributed by atoms with Gasteiger partial charge in [-0.25, -0.2) is 0 Å². The molecule has 0 radical (unpaired) electrons. The second-order valence-electron chi connectivity index (χ2n) is 3.39. The minimum Gasteiger partial charge on any atom is -0.345 e. The first kappa shape index (κ1) is 7.58. The smallest absolute Gasteiger partial charge is 0.228 e. The Morgan fingerprint density at radius 3 is 2.50 bits per heavy atom. The van der Waals surface area contributed by atoms with E-state index in [0.29, 0.717) is 5.91 Å². The van der Waals surface area contributed by atoms with Gasteiger partial charge in [0.1, 0.15) is 0 Å². The average Bonchev–Trinajstić information content (AvgIpc) is 2.19. The van der Waals surface area contributed by atoms with E-state index < -0.39 is 0 Å². The summed E-state index contributed by atoms with van der Waals surface area (Å²) in [4.78, 5) is 13.2. The van der Waals surface area contributed by atoms with Crippen molar-refractivity contribution >= 4 is 5.91 Å². The first-order valence-corrected chi connectivity index (χ1v) is 3.86. The van der Waals surface area contributed by atoms with Gasteiger partial charge in [0.2, 0.25) is 5.91 Å². The lowest BCUT2D eigenvalue weighted by Crippen LogP contribution is -2.29. The van der Waals surface area contributed by atoms with Crippen LogP contribution in [-0.2, 0) is 4.79 Å². The van der Waals surface area contributed by atoms with Crippen LogP contribution in [0.2, 0.25) is 0 Å². The Morgan fingerprint density at radius 2 is 2.30 bits per heavy atom. The van der Waals surface area contributed by atoms with Crippen LogP contribution in [0, 0.1) is 5.41 Å². The van der Waals surface area contributed by atoms with Crippen molar-refractivity contribution in [2.24, 2.45) is 5.41 Å². The first-order chi connectivity index (χ1) is 4.60. The number of carbonyl (C=O) groups excluding carboxylic acids is 1. The van der Waals surface area contributed by atoms with Crippen LogP contribution >= 0.6 is 0 Å². The summed E-state index contributed by atoms with van der Waals surface area (Å²) < 4.78 is 0. The number of carbonyl (C=O) groups is 1. The highest BCUT2D eigenvalue weighted by atomic mass is 16.2. The van der Waals surface area contributed by atoms with Gasteiger partial charge in [0.05, 0.1) is 0 Å². The average molecular weight is 141 g/mol. The van der Waals surface area contributed by atoms with E-state index in [1.165, 1.54) is 0 Å². The van der Waals surface area contributed by atoms with Gasteiger partial charge in [-0.05, 0) is 12.8 Å². The largest absolute Gasteiger partial charge is 0.345 e. The predicted octanol–water partition coefficient (Wildman–Crippen LogP) is 1.26. The fourth-order valence-corrected chi connectivity index (χ4v) is 1.41. The van der Waals surface area contributed by atoms with Crippen molar-refractivity contribution in [3.05, 3.63) is 0 Å². The SMILES string of the molecule is CCC1(C)CCN(C)C1=O. The van der Waals surface area contributed by atoms with E-state index in [1.54, 1.807) is 0 Å². The normalized spacial score (nSPS) is 33.5. The van der Waals surface area contributed by atoms with Crippen LogP contribution in [0.1, 0.15) is 26.7 Å². The molecule has 1 saturated heterocycles. The Hall–Kier alpha value is -0.530. The molecule has 0 spiro atoms. The standard InChI is InChI=1S/C8H15NO/c1-4-8(2)5-6-9(3)7(8)10/h4-6H2,1-3H3. The fourth-order valence-electron chi connectivity index (χ4n) is 1.41. The van der Waals surface area contributed by atoms with Crippen molar-refractivity contribution in [1.82, 2.24) is 4.90 Å². The summed E-state index contributed by atoms with van der Waals surface area (Å²) in [7, 11) is 1.88. The summed E-state index contributed by atoms with van der Waals surface area (Å²) >= 11 is 0. The number of nitrogens with zero attached hydrogens (tertiary/aromatic N) is 1. The van der Waals surface area contributed by atoms with Gasteiger partial charge in [-0.2, -0.15) is 0 Å². The highest BCUT2D eigenvalue weighted by molar-refractivity contribution is 5.84. The summed E-state index contributed by atoms with van der Waals surface area (Å²) in [6.07, 6.45) is 2.00. The number of hydrogen-bond acceptors (Lipinski definition) is 1. The molecule has 1 aliphatic heterocycles. The highest BCUT2D eigenvalue weighted by Crippen LogP contribution is 2.33. The molecule has 2 nitrogen and oxygen atoms in total. The Bertz CT molecular complexity index is 155. The Kier molecular flexibility index (Phi) is 1.71. The lowest BCUT2D eigenvalue weighted by Gasteiger charge is -2.18. The van der Waals surface area contributed by atoms with Crippen molar-refractivity contribution in [3.63, 3.8) is 0 Å². The van der Waals surface area contributed by atoms with Crippen molar-refractivity contribution < 1.29 is 4.79 Å². The van der Waals surface area contributed by atoms with E-state index >= 15 is 0 Å². The summed E-state index contributed by atoms with van der Waals surface area (Å²) in [5.74, 6) is 0.315. The van der Waals surface area contributed by atoms with Gasteiger partial charge in [0.15, 0.2) is 0 Å². The minimum atomic E-state index is -0.0469. The van der Waals surface area contributed by atoms with Gasteiger partial charge in [-0.3, -0.25) is 4.79 Å². The molecule has 1 heterocycles. The second-order valence-corrected chi connectivity index (χ2v) is 3.39. The zero-order chi connectivity index (χ0) is 7.78. The minimum absolute atomic E-state index is 0.0469. The first-order valence-electron chi connectivity index (χ1n) is 3.86. The zero-order valence-corrected chi connectivity index (χ0v) is 6.98. The maximum atomic E-state index is 11.4. The van der Waals surface area contributed by atoms with Crippen LogP contribution in [0.3, 0.4) is 0 Å². The van der Waals surface area contributed by atoms with Crippen molar-refractivity contribution in [2.75, 3.05) is 13.6 Å². The van der Waals surface area contributed by atoms with E-state index in [4.69, 9.17) is 0 Å². The molecular weight excluding hydrogens is 126 g/mol. The van der Waals surface area contributed by atoms with Gasteiger partial charge in [-0.1, -0.05) is 13.8 Å². The molecule has 0 saturated carbocycles. The maximum Gasteiger partial charge on any atom is 0.228 e. The summed E-state index contributed by atoms with van der Waals surface area (Å²) in [6, 6.07) is 0. The maximum absolute atomic E-state index is 11.4. The Labute approximate surface area is 62.2 Å². The molecule has 1 fully saturated rings. The Balaban J connectivity index is 2.73. The highest BCUT2D eigenvalue weighted by Gasteiger charge is 2.38. The van der Waals surface area contributed by atoms with Gasteiger partial charge in [0, 0.05) is 19.0 Å². The zero-order valence-electron chi connectivity index (χ0n) is 6.98. The molecule has 1 unspecified atom stereocenters. The molecule has 2 heteroatoms. The predicted molar refractivity (Wildman–Crippen MR) is 40.7 cm³/mol.